The molecule has 8 nitrogen and oxygen atoms in total. The van der Waals surface area contributed by atoms with Crippen LogP contribution in [0.3, 0.4) is 0 Å². The predicted octanol–water partition coefficient (Wildman–Crippen LogP) is 7.66. The molecular weight excluding hydrogens is 695 g/mol. The minimum Gasteiger partial charge on any atom is -0.492 e. The van der Waals surface area contributed by atoms with E-state index in [4.69, 9.17) is 4.74 Å². The molecule has 1 N–H and O–H groups in total. The van der Waals surface area contributed by atoms with Gasteiger partial charge in [-0.1, -0.05) is 36.4 Å². The fraction of sp³-hybridized carbons (Fsp3) is 0.297. The highest BCUT2D eigenvalue weighted by Gasteiger charge is 2.36. The summed E-state index contributed by atoms with van der Waals surface area (Å²) in [7, 11) is -5.36. The number of sulfonamides is 1. The third-order valence-electron chi connectivity index (χ3n) is 8.88. The molecule has 0 bridgehead atoms. The SMILES string of the molecule is CCOc1cc(C(=O)O)ccc1N(Cc1cc(C2CC2)cc(C2CC2)c1)C(=O)CN(Cc1ccccc1F)S(=O)(=O)c1cc(F)c(F)c(F)c1F. The molecule has 51 heavy (non-hydrogen) atoms. The smallest absolute Gasteiger partial charge is 0.335 e. The Bertz CT molecular complexity index is 2090. The topological polar surface area (TPSA) is 104 Å². The van der Waals surface area contributed by atoms with Crippen LogP contribution in [0, 0.1) is 29.1 Å². The van der Waals surface area contributed by atoms with Crippen LogP contribution in [0.15, 0.2) is 71.6 Å². The lowest BCUT2D eigenvalue weighted by atomic mass is 9.99. The van der Waals surface area contributed by atoms with Crippen molar-refractivity contribution in [2.45, 2.75) is 62.4 Å². The van der Waals surface area contributed by atoms with Gasteiger partial charge in [0.05, 0.1) is 30.9 Å². The summed E-state index contributed by atoms with van der Waals surface area (Å²) in [5.41, 5.74) is 2.54. The van der Waals surface area contributed by atoms with Crippen molar-refractivity contribution in [3.05, 3.63) is 124 Å². The zero-order chi connectivity index (χ0) is 36.6. The average Bonchev–Trinajstić information content (AvgIpc) is 4.02. The third kappa shape index (κ3) is 7.76. The second-order valence-corrected chi connectivity index (χ2v) is 14.5. The van der Waals surface area contributed by atoms with Gasteiger partial charge in [0.25, 0.3) is 0 Å². The Hall–Kier alpha value is -4.82. The number of aromatic carboxylic acids is 1. The van der Waals surface area contributed by atoms with E-state index in [9.17, 15) is 40.7 Å². The molecular formula is C37H33F5N2O6S. The third-order valence-corrected chi connectivity index (χ3v) is 10.7. The fourth-order valence-electron chi connectivity index (χ4n) is 5.93. The van der Waals surface area contributed by atoms with Gasteiger partial charge in [-0.2, -0.15) is 4.31 Å². The molecule has 1 amide bonds. The van der Waals surface area contributed by atoms with Crippen LogP contribution in [-0.4, -0.2) is 42.9 Å². The summed E-state index contributed by atoms with van der Waals surface area (Å²) in [5, 5.41) is 9.64. The van der Waals surface area contributed by atoms with Gasteiger partial charge >= 0.3 is 5.97 Å². The molecule has 2 aliphatic rings. The molecule has 2 saturated carbocycles. The molecule has 4 aromatic carbocycles. The summed E-state index contributed by atoms with van der Waals surface area (Å²) >= 11 is 0. The summed E-state index contributed by atoms with van der Waals surface area (Å²) in [6.45, 7) is -0.430. The van der Waals surface area contributed by atoms with Crippen molar-refractivity contribution < 1.29 is 49.8 Å². The van der Waals surface area contributed by atoms with E-state index in [2.05, 4.69) is 6.07 Å². The van der Waals surface area contributed by atoms with E-state index in [1.807, 2.05) is 12.1 Å². The van der Waals surface area contributed by atoms with Crippen molar-refractivity contribution in [1.82, 2.24) is 4.31 Å². The van der Waals surface area contributed by atoms with Gasteiger partial charge in [0, 0.05) is 18.2 Å². The molecule has 14 heteroatoms. The number of hydrogen-bond acceptors (Lipinski definition) is 5. The maximum Gasteiger partial charge on any atom is 0.335 e. The lowest BCUT2D eigenvalue weighted by Crippen LogP contribution is -2.43. The van der Waals surface area contributed by atoms with E-state index in [0.717, 1.165) is 42.9 Å². The summed E-state index contributed by atoms with van der Waals surface area (Å²) in [5.74, 6) is -11.2. The van der Waals surface area contributed by atoms with E-state index >= 15 is 4.39 Å². The van der Waals surface area contributed by atoms with Gasteiger partial charge in [0.1, 0.15) is 16.5 Å². The molecule has 0 spiro atoms. The number of hydrogen-bond donors (Lipinski definition) is 1. The molecule has 0 radical (unpaired) electrons. The molecule has 0 saturated heterocycles. The first-order chi connectivity index (χ1) is 24.3. The molecule has 0 heterocycles. The first-order valence-corrected chi connectivity index (χ1v) is 17.7. The highest BCUT2D eigenvalue weighted by atomic mass is 32.2. The Morgan fingerprint density at radius 2 is 1.45 bits per heavy atom. The summed E-state index contributed by atoms with van der Waals surface area (Å²) in [6.07, 6.45) is 4.02. The number of carbonyl (C=O) groups is 2. The Labute approximate surface area is 291 Å². The normalized spacial score (nSPS) is 14.5. The van der Waals surface area contributed by atoms with Crippen molar-refractivity contribution in [3.8, 4) is 5.75 Å². The maximum absolute atomic E-state index is 15.0. The number of nitrogens with zero attached hydrogens (tertiary/aromatic N) is 2. The minimum absolute atomic E-state index is 0.0104. The van der Waals surface area contributed by atoms with Crippen molar-refractivity contribution in [1.29, 1.82) is 0 Å². The minimum atomic E-state index is -5.36. The van der Waals surface area contributed by atoms with Crippen LogP contribution in [0.2, 0.25) is 0 Å². The zero-order valence-corrected chi connectivity index (χ0v) is 28.2. The maximum atomic E-state index is 15.0. The van der Waals surface area contributed by atoms with Gasteiger partial charge in [0.15, 0.2) is 23.3 Å². The fourth-order valence-corrected chi connectivity index (χ4v) is 7.37. The van der Waals surface area contributed by atoms with Gasteiger partial charge in [-0.05, 0) is 85.4 Å². The quantitative estimate of drug-likeness (QED) is 0.0813. The first kappa shape index (κ1) is 36.0. The number of anilines is 1. The standard InChI is InChI=1S/C37H33F5N2O6S/c1-2-50-31-16-24(37(46)47)11-12-30(31)44(18-21-13-26(22-7-8-22)15-27(14-21)23-9-10-23)33(45)20-43(19-25-5-3-4-6-28(25)38)51(48,49)32-17-29(39)34(40)36(42)35(32)41/h3-6,11-17,22-23H,2,7-10,18-20H2,1H3,(H,46,47). The van der Waals surface area contributed by atoms with Crippen LogP contribution in [0.25, 0.3) is 0 Å². The van der Waals surface area contributed by atoms with Gasteiger partial charge in [-0.3, -0.25) is 4.79 Å². The number of halogens is 5. The molecule has 0 aromatic heterocycles. The number of carboxylic acid groups (broad SMARTS) is 1. The van der Waals surface area contributed by atoms with Crippen molar-refractivity contribution in [2.75, 3.05) is 18.1 Å². The molecule has 6 rings (SSSR count). The molecule has 2 aliphatic carbocycles. The number of carbonyl (C=O) groups excluding carboxylic acids is 1. The van der Waals surface area contributed by atoms with Crippen LogP contribution in [0.5, 0.6) is 5.75 Å². The van der Waals surface area contributed by atoms with Crippen LogP contribution < -0.4 is 9.64 Å². The van der Waals surface area contributed by atoms with Crippen LogP contribution in [0.4, 0.5) is 27.6 Å². The van der Waals surface area contributed by atoms with Crippen LogP contribution in [-0.2, 0) is 27.9 Å². The Morgan fingerprint density at radius 1 is 0.804 bits per heavy atom. The summed E-state index contributed by atoms with van der Waals surface area (Å²) in [4.78, 5) is 25.9. The number of rotatable bonds is 14. The summed E-state index contributed by atoms with van der Waals surface area (Å²) < 4.78 is 106. The van der Waals surface area contributed by atoms with Crippen LogP contribution in [0.1, 0.15) is 77.1 Å². The van der Waals surface area contributed by atoms with E-state index < -0.39 is 69.0 Å². The zero-order valence-electron chi connectivity index (χ0n) is 27.3. The van der Waals surface area contributed by atoms with Gasteiger partial charge < -0.3 is 14.7 Å². The lowest BCUT2D eigenvalue weighted by Gasteiger charge is -2.29. The first-order valence-electron chi connectivity index (χ1n) is 16.3. The molecule has 0 unspecified atom stereocenters. The Morgan fingerprint density at radius 3 is 2.04 bits per heavy atom. The van der Waals surface area contributed by atoms with Gasteiger partial charge in [0.2, 0.25) is 15.9 Å². The van der Waals surface area contributed by atoms with E-state index in [1.165, 1.54) is 41.3 Å². The van der Waals surface area contributed by atoms with Crippen molar-refractivity contribution in [2.24, 2.45) is 0 Å². The molecule has 2 fully saturated rings. The van der Waals surface area contributed by atoms with E-state index in [-0.39, 0.29) is 41.8 Å². The van der Waals surface area contributed by atoms with E-state index in [1.54, 1.807) is 6.92 Å². The molecule has 0 atom stereocenters. The van der Waals surface area contributed by atoms with Crippen molar-refractivity contribution >= 4 is 27.6 Å². The monoisotopic (exact) mass is 728 g/mol. The predicted molar refractivity (Wildman–Crippen MR) is 176 cm³/mol. The second kappa shape index (κ2) is 14.4. The summed E-state index contributed by atoms with van der Waals surface area (Å²) in [6, 6.07) is 14.7. The van der Waals surface area contributed by atoms with E-state index in [0.29, 0.717) is 21.7 Å². The Balaban J connectivity index is 1.46. The molecule has 0 aliphatic heterocycles. The molecule has 4 aromatic rings. The second-order valence-electron chi connectivity index (χ2n) is 12.6. The number of benzene rings is 4. The Kier molecular flexibility index (Phi) is 10.2. The van der Waals surface area contributed by atoms with Crippen molar-refractivity contribution in [3.63, 3.8) is 0 Å². The number of ether oxygens (including phenoxy) is 1. The largest absolute Gasteiger partial charge is 0.492 e. The number of amides is 1. The lowest BCUT2D eigenvalue weighted by molar-refractivity contribution is -0.119. The van der Waals surface area contributed by atoms with Crippen LogP contribution >= 0.6 is 0 Å². The highest BCUT2D eigenvalue weighted by Crippen LogP contribution is 2.45. The highest BCUT2D eigenvalue weighted by molar-refractivity contribution is 7.89. The average molecular weight is 729 g/mol. The van der Waals surface area contributed by atoms with Gasteiger partial charge in [-0.25, -0.2) is 35.2 Å². The number of carboxylic acids is 1. The molecule has 268 valence electrons. The van der Waals surface area contributed by atoms with Gasteiger partial charge in [-0.15, -0.1) is 0 Å².